The van der Waals surface area contributed by atoms with Crippen LogP contribution in [0.2, 0.25) is 0 Å². The van der Waals surface area contributed by atoms with Crippen LogP contribution in [0.1, 0.15) is 33.6 Å². The van der Waals surface area contributed by atoms with Gasteiger partial charge in [0.15, 0.2) is 11.6 Å². The second-order valence-corrected chi connectivity index (χ2v) is 7.35. The highest BCUT2D eigenvalue weighted by molar-refractivity contribution is 7.99. The van der Waals surface area contributed by atoms with Gasteiger partial charge in [-0.25, -0.2) is 8.78 Å². The van der Waals surface area contributed by atoms with Crippen LogP contribution in [0.15, 0.2) is 42.5 Å². The number of carbonyl (C=O) groups is 3. The van der Waals surface area contributed by atoms with Crippen LogP contribution < -0.4 is 5.32 Å². The summed E-state index contributed by atoms with van der Waals surface area (Å²) < 4.78 is 26.0. The Labute approximate surface area is 165 Å². The number of nitrogens with one attached hydrogen (secondary N) is 1. The number of benzene rings is 2. The molecule has 28 heavy (non-hydrogen) atoms. The van der Waals surface area contributed by atoms with Crippen LogP contribution >= 0.6 is 11.8 Å². The minimum atomic E-state index is -1.02. The van der Waals surface area contributed by atoms with Crippen molar-refractivity contribution in [3.8, 4) is 0 Å². The minimum Gasteiger partial charge on any atom is -0.325 e. The van der Waals surface area contributed by atoms with Crippen LogP contribution in [0.4, 0.5) is 14.5 Å². The molecule has 0 saturated carbocycles. The molecule has 0 aliphatic carbocycles. The molecule has 1 heterocycles. The first-order chi connectivity index (χ1) is 13.5. The summed E-state index contributed by atoms with van der Waals surface area (Å²) in [6, 6.07) is 9.94. The molecule has 146 valence electrons. The number of imide groups is 1. The summed E-state index contributed by atoms with van der Waals surface area (Å²) >= 11 is 1.39. The van der Waals surface area contributed by atoms with Gasteiger partial charge in [0, 0.05) is 18.3 Å². The van der Waals surface area contributed by atoms with E-state index in [0.717, 1.165) is 18.6 Å². The highest BCUT2D eigenvalue weighted by atomic mass is 32.2. The van der Waals surface area contributed by atoms with Gasteiger partial charge in [-0.05, 0) is 42.9 Å². The molecule has 0 atom stereocenters. The molecule has 8 heteroatoms. The highest BCUT2D eigenvalue weighted by Gasteiger charge is 2.34. The molecule has 0 spiro atoms. The van der Waals surface area contributed by atoms with Crippen LogP contribution in [0.5, 0.6) is 0 Å². The Hall–Kier alpha value is -2.74. The van der Waals surface area contributed by atoms with Crippen LogP contribution in [0.25, 0.3) is 0 Å². The lowest BCUT2D eigenvalue weighted by molar-refractivity contribution is -0.113. The lowest BCUT2D eigenvalue weighted by Gasteiger charge is -2.13. The topological polar surface area (TPSA) is 66.5 Å². The summed E-state index contributed by atoms with van der Waals surface area (Å²) in [5.41, 5.74) is 1.08. The second-order valence-electron chi connectivity index (χ2n) is 6.24. The first-order valence-electron chi connectivity index (χ1n) is 8.75. The zero-order valence-electron chi connectivity index (χ0n) is 14.9. The number of rotatable bonds is 8. The molecule has 0 fully saturated rings. The van der Waals surface area contributed by atoms with E-state index >= 15 is 0 Å². The van der Waals surface area contributed by atoms with Crippen molar-refractivity contribution in [2.24, 2.45) is 0 Å². The zero-order valence-corrected chi connectivity index (χ0v) is 15.7. The predicted octanol–water partition coefficient (Wildman–Crippen LogP) is 3.71. The number of thioether (sulfide) groups is 1. The van der Waals surface area contributed by atoms with E-state index in [2.05, 4.69) is 5.32 Å². The molecule has 0 aromatic heterocycles. The molecule has 3 rings (SSSR count). The van der Waals surface area contributed by atoms with Gasteiger partial charge in [0.05, 0.1) is 16.9 Å². The monoisotopic (exact) mass is 404 g/mol. The number of nitrogens with zero attached hydrogens (tertiary/aromatic N) is 1. The summed E-state index contributed by atoms with van der Waals surface area (Å²) in [6.45, 7) is 0.341. The fraction of sp³-hybridized carbons (Fsp3) is 0.250. The van der Waals surface area contributed by atoms with E-state index in [1.165, 1.54) is 22.7 Å². The number of anilines is 1. The van der Waals surface area contributed by atoms with Gasteiger partial charge in [-0.1, -0.05) is 12.1 Å². The lowest BCUT2D eigenvalue weighted by atomic mass is 10.1. The number of amides is 3. The van der Waals surface area contributed by atoms with E-state index in [9.17, 15) is 23.2 Å². The smallest absolute Gasteiger partial charge is 0.261 e. The van der Waals surface area contributed by atoms with Gasteiger partial charge in [0.25, 0.3) is 11.8 Å². The van der Waals surface area contributed by atoms with Crippen LogP contribution in [-0.4, -0.2) is 40.7 Å². The van der Waals surface area contributed by atoms with E-state index in [0.29, 0.717) is 29.8 Å². The van der Waals surface area contributed by atoms with E-state index in [1.54, 1.807) is 24.3 Å². The largest absolute Gasteiger partial charge is 0.325 e. The first kappa shape index (κ1) is 20.0. The minimum absolute atomic E-state index is 0.173. The number of carbonyl (C=O) groups excluding carboxylic acids is 3. The van der Waals surface area contributed by atoms with Gasteiger partial charge in [0.2, 0.25) is 5.91 Å². The Morgan fingerprint density at radius 1 is 0.964 bits per heavy atom. The highest BCUT2D eigenvalue weighted by Crippen LogP contribution is 2.23. The average Bonchev–Trinajstić information content (AvgIpc) is 2.92. The number of hydrogen-bond donors (Lipinski definition) is 1. The molecule has 0 radical (unpaired) electrons. The van der Waals surface area contributed by atoms with Gasteiger partial charge in [-0.15, -0.1) is 0 Å². The van der Waals surface area contributed by atoms with Crippen molar-refractivity contribution in [2.45, 2.75) is 12.8 Å². The van der Waals surface area contributed by atoms with Crippen molar-refractivity contribution in [3.63, 3.8) is 0 Å². The van der Waals surface area contributed by atoms with Crippen molar-refractivity contribution < 1.29 is 23.2 Å². The average molecular weight is 404 g/mol. The number of hydrogen-bond acceptors (Lipinski definition) is 4. The fourth-order valence-corrected chi connectivity index (χ4v) is 3.66. The molecule has 5 nitrogen and oxygen atoms in total. The quantitative estimate of drug-likeness (QED) is 0.538. The summed E-state index contributed by atoms with van der Waals surface area (Å²) in [6.07, 6.45) is 1.37. The normalized spacial score (nSPS) is 13.0. The van der Waals surface area contributed by atoms with E-state index in [4.69, 9.17) is 0 Å². The molecular formula is C20H18F2N2O3S. The van der Waals surface area contributed by atoms with Crippen LogP contribution in [-0.2, 0) is 4.79 Å². The predicted molar refractivity (Wildman–Crippen MR) is 103 cm³/mol. The van der Waals surface area contributed by atoms with E-state index in [-0.39, 0.29) is 29.2 Å². The van der Waals surface area contributed by atoms with Gasteiger partial charge in [0.1, 0.15) is 0 Å². The molecule has 3 amide bonds. The maximum absolute atomic E-state index is 13.1. The summed E-state index contributed by atoms with van der Waals surface area (Å²) in [7, 11) is 0. The maximum Gasteiger partial charge on any atom is 0.261 e. The third-order valence-corrected chi connectivity index (χ3v) is 5.28. The van der Waals surface area contributed by atoms with Crippen molar-refractivity contribution in [2.75, 3.05) is 23.4 Å². The molecule has 0 bridgehead atoms. The molecule has 0 saturated heterocycles. The van der Waals surface area contributed by atoms with Crippen molar-refractivity contribution >= 4 is 35.2 Å². The molecule has 1 aliphatic rings. The molecule has 2 aromatic carbocycles. The zero-order chi connectivity index (χ0) is 20.1. The Balaban J connectivity index is 1.34. The van der Waals surface area contributed by atoms with Gasteiger partial charge >= 0.3 is 0 Å². The maximum atomic E-state index is 13.1. The van der Waals surface area contributed by atoms with Crippen LogP contribution in [0.3, 0.4) is 0 Å². The Morgan fingerprint density at radius 2 is 1.64 bits per heavy atom. The Bertz CT molecular complexity index is 885. The molecule has 2 aromatic rings. The SMILES string of the molecule is O=C(CSCCCCN1C(=O)c2ccccc2C1=O)Nc1ccc(F)c(F)c1. The molecular weight excluding hydrogens is 386 g/mol. The van der Waals surface area contributed by atoms with Gasteiger partial charge < -0.3 is 5.32 Å². The van der Waals surface area contributed by atoms with E-state index < -0.39 is 11.6 Å². The first-order valence-corrected chi connectivity index (χ1v) is 9.90. The number of fused-ring (bicyclic) bond motifs is 1. The number of halogens is 2. The van der Waals surface area contributed by atoms with Gasteiger partial charge in [-0.3, -0.25) is 19.3 Å². The molecule has 1 N–H and O–H groups in total. The Morgan fingerprint density at radius 3 is 2.29 bits per heavy atom. The third-order valence-electron chi connectivity index (χ3n) is 4.24. The third kappa shape index (κ3) is 4.56. The molecule has 1 aliphatic heterocycles. The summed E-state index contributed by atoms with van der Waals surface area (Å²) in [4.78, 5) is 37.5. The van der Waals surface area contributed by atoms with Crippen molar-refractivity contribution in [1.29, 1.82) is 0 Å². The van der Waals surface area contributed by atoms with E-state index in [1.807, 2.05) is 0 Å². The van der Waals surface area contributed by atoms with Crippen molar-refractivity contribution in [1.82, 2.24) is 4.90 Å². The Kier molecular flexibility index (Phi) is 6.41. The van der Waals surface area contributed by atoms with Crippen LogP contribution in [0, 0.1) is 11.6 Å². The number of unbranched alkanes of at least 4 members (excludes halogenated alkanes) is 1. The fourth-order valence-electron chi connectivity index (χ4n) is 2.85. The lowest BCUT2D eigenvalue weighted by Crippen LogP contribution is -2.30. The second kappa shape index (κ2) is 8.97. The summed E-state index contributed by atoms with van der Waals surface area (Å²) in [5.74, 6) is -1.97. The molecule has 0 unspecified atom stereocenters. The van der Waals surface area contributed by atoms with Crippen molar-refractivity contribution in [3.05, 3.63) is 65.2 Å². The standard InChI is InChI=1S/C20H18F2N2O3S/c21-16-8-7-13(11-17(16)22)23-18(25)12-28-10-4-3-9-24-19(26)14-5-1-2-6-15(14)20(24)27/h1-2,5-8,11H,3-4,9-10,12H2,(H,23,25). The summed E-state index contributed by atoms with van der Waals surface area (Å²) in [5, 5.41) is 2.50. The van der Waals surface area contributed by atoms with Gasteiger partial charge in [-0.2, -0.15) is 11.8 Å².